The third kappa shape index (κ3) is 3.33. The summed E-state index contributed by atoms with van der Waals surface area (Å²) in [4.78, 5) is 12.5. The van der Waals surface area contributed by atoms with E-state index in [0.717, 1.165) is 48.6 Å². The molecule has 3 aromatic rings. The van der Waals surface area contributed by atoms with Crippen molar-refractivity contribution >= 4 is 39.0 Å². The molecule has 140 valence electrons. The Morgan fingerprint density at radius 1 is 1.00 bits per heavy atom. The summed E-state index contributed by atoms with van der Waals surface area (Å²) in [7, 11) is 0. The number of thiophene rings is 1. The first-order chi connectivity index (χ1) is 13.3. The first-order valence-corrected chi connectivity index (χ1v) is 11.1. The van der Waals surface area contributed by atoms with Crippen molar-refractivity contribution in [3.8, 4) is 11.1 Å². The molecule has 1 aliphatic carbocycles. The molecule has 0 spiro atoms. The van der Waals surface area contributed by atoms with Gasteiger partial charge >= 0.3 is 0 Å². The van der Waals surface area contributed by atoms with Crippen LogP contribution in [0.25, 0.3) is 21.3 Å². The van der Waals surface area contributed by atoms with Crippen LogP contribution in [0, 0.1) is 0 Å². The van der Waals surface area contributed by atoms with Gasteiger partial charge in [0.1, 0.15) is 10.6 Å². The van der Waals surface area contributed by atoms with E-state index in [1.807, 2.05) is 0 Å². The van der Waals surface area contributed by atoms with Crippen LogP contribution in [0.5, 0.6) is 0 Å². The number of aromatic nitrogens is 2. The Hall–Kier alpha value is -1.69. The fourth-order valence-corrected chi connectivity index (χ4v) is 5.45. The molecule has 0 bridgehead atoms. The Balaban J connectivity index is 1.65. The number of aryl methyl sites for hydroxylation is 2. The van der Waals surface area contributed by atoms with Gasteiger partial charge in [-0.3, -0.25) is 0 Å². The van der Waals surface area contributed by atoms with Gasteiger partial charge in [-0.25, -0.2) is 4.98 Å². The largest absolute Gasteiger partial charge is 0.355 e. The van der Waals surface area contributed by atoms with Crippen LogP contribution in [-0.2, 0) is 12.8 Å². The van der Waals surface area contributed by atoms with Crippen LogP contribution in [-0.4, -0.2) is 36.1 Å². The molecule has 27 heavy (non-hydrogen) atoms. The maximum atomic E-state index is 6.28. The van der Waals surface area contributed by atoms with E-state index in [4.69, 9.17) is 11.6 Å². The van der Waals surface area contributed by atoms with Gasteiger partial charge in [0.05, 0.1) is 5.39 Å². The molecule has 0 amide bonds. The molecular formula is C21H23ClN4S. The molecule has 5 rings (SSSR count). The van der Waals surface area contributed by atoms with E-state index in [-0.39, 0.29) is 0 Å². The van der Waals surface area contributed by atoms with Crippen LogP contribution in [0.4, 0.5) is 5.82 Å². The molecule has 2 aliphatic rings. The highest BCUT2D eigenvalue weighted by atomic mass is 35.5. The first-order valence-electron chi connectivity index (χ1n) is 9.82. The number of anilines is 1. The van der Waals surface area contributed by atoms with Gasteiger partial charge in [0.2, 0.25) is 5.28 Å². The number of nitrogens with zero attached hydrogens (tertiary/aromatic N) is 3. The monoisotopic (exact) mass is 398 g/mol. The quantitative estimate of drug-likeness (QED) is 0.636. The molecule has 1 saturated heterocycles. The second-order valence-corrected chi connectivity index (χ2v) is 8.62. The summed E-state index contributed by atoms with van der Waals surface area (Å²) >= 11 is 7.94. The zero-order valence-electron chi connectivity index (χ0n) is 15.3. The maximum absolute atomic E-state index is 6.28. The second kappa shape index (κ2) is 7.38. The van der Waals surface area contributed by atoms with E-state index in [0.29, 0.717) is 5.28 Å². The van der Waals surface area contributed by atoms with Crippen molar-refractivity contribution < 1.29 is 0 Å². The fourth-order valence-electron chi connectivity index (χ4n) is 4.30. The lowest BCUT2D eigenvalue weighted by Gasteiger charge is -2.22. The number of fused-ring (bicyclic) bond motifs is 2. The SMILES string of the molecule is Clc1nc(N2CCCNCC2)c2c(-c3ccc4c(c3)CCCC4)csc2n1. The number of benzene rings is 1. The highest BCUT2D eigenvalue weighted by Gasteiger charge is 2.21. The standard InChI is InChI=1S/C21H23ClN4S/c22-21-24-19(26-10-3-8-23-9-11-26)18-17(13-27-20(18)25-21)16-7-6-14-4-1-2-5-15(14)12-16/h6-7,12-13,23H,1-5,8-11H2. The summed E-state index contributed by atoms with van der Waals surface area (Å²) in [6.07, 6.45) is 6.13. The molecule has 0 radical (unpaired) electrons. The van der Waals surface area contributed by atoms with Crippen LogP contribution in [0.3, 0.4) is 0 Å². The highest BCUT2D eigenvalue weighted by Crippen LogP contribution is 2.40. The predicted octanol–water partition coefficient (Wildman–Crippen LogP) is 4.69. The van der Waals surface area contributed by atoms with Crippen LogP contribution >= 0.6 is 22.9 Å². The summed E-state index contributed by atoms with van der Waals surface area (Å²) in [6.45, 7) is 3.97. The minimum absolute atomic E-state index is 0.341. The van der Waals surface area contributed by atoms with Crippen molar-refractivity contribution in [2.75, 3.05) is 31.1 Å². The lowest BCUT2D eigenvalue weighted by atomic mass is 9.89. The minimum Gasteiger partial charge on any atom is -0.355 e. The van der Waals surface area contributed by atoms with Gasteiger partial charge in [0.15, 0.2) is 0 Å². The Labute approximate surface area is 168 Å². The van der Waals surface area contributed by atoms with Crippen molar-refractivity contribution in [3.63, 3.8) is 0 Å². The molecule has 0 unspecified atom stereocenters. The molecule has 1 N–H and O–H groups in total. The van der Waals surface area contributed by atoms with Gasteiger partial charge in [-0.05, 0) is 66.9 Å². The van der Waals surface area contributed by atoms with Gasteiger partial charge < -0.3 is 10.2 Å². The van der Waals surface area contributed by atoms with Crippen LogP contribution in [0.1, 0.15) is 30.4 Å². The van der Waals surface area contributed by atoms with E-state index < -0.39 is 0 Å². The van der Waals surface area contributed by atoms with E-state index in [9.17, 15) is 0 Å². The Morgan fingerprint density at radius 3 is 2.81 bits per heavy atom. The van der Waals surface area contributed by atoms with E-state index in [2.05, 4.69) is 43.8 Å². The van der Waals surface area contributed by atoms with Gasteiger partial charge in [0.25, 0.3) is 0 Å². The third-order valence-electron chi connectivity index (χ3n) is 5.69. The molecule has 6 heteroatoms. The number of hydrogen-bond donors (Lipinski definition) is 1. The minimum atomic E-state index is 0.341. The van der Waals surface area contributed by atoms with Crippen molar-refractivity contribution in [3.05, 3.63) is 40.0 Å². The molecule has 4 nitrogen and oxygen atoms in total. The summed E-state index contributed by atoms with van der Waals surface area (Å²) in [5.41, 5.74) is 5.55. The zero-order valence-corrected chi connectivity index (χ0v) is 16.9. The lowest BCUT2D eigenvalue weighted by Crippen LogP contribution is -2.28. The fraction of sp³-hybridized carbons (Fsp3) is 0.429. The van der Waals surface area contributed by atoms with E-state index in [1.165, 1.54) is 47.9 Å². The van der Waals surface area contributed by atoms with E-state index in [1.54, 1.807) is 11.3 Å². The van der Waals surface area contributed by atoms with Crippen molar-refractivity contribution in [1.29, 1.82) is 0 Å². The zero-order chi connectivity index (χ0) is 18.2. The average molecular weight is 399 g/mol. The molecule has 1 aromatic carbocycles. The molecular weight excluding hydrogens is 376 g/mol. The lowest BCUT2D eigenvalue weighted by molar-refractivity contribution is 0.686. The van der Waals surface area contributed by atoms with Crippen molar-refractivity contribution in [1.82, 2.24) is 15.3 Å². The Morgan fingerprint density at radius 2 is 1.89 bits per heavy atom. The Bertz CT molecular complexity index is 976. The summed E-state index contributed by atoms with van der Waals surface area (Å²) in [6, 6.07) is 6.98. The molecule has 0 atom stereocenters. The van der Waals surface area contributed by atoms with Gasteiger partial charge in [-0.2, -0.15) is 4.98 Å². The van der Waals surface area contributed by atoms with E-state index >= 15 is 0 Å². The number of halogens is 1. The Kier molecular flexibility index (Phi) is 4.76. The normalized spacial score (nSPS) is 17.7. The summed E-state index contributed by atoms with van der Waals surface area (Å²) in [5, 5.41) is 7.19. The van der Waals surface area contributed by atoms with Crippen LogP contribution in [0.15, 0.2) is 23.6 Å². The first kappa shape index (κ1) is 17.4. The number of rotatable bonds is 2. The van der Waals surface area contributed by atoms with Crippen molar-refractivity contribution in [2.45, 2.75) is 32.1 Å². The molecule has 0 saturated carbocycles. The van der Waals surface area contributed by atoms with Crippen LogP contribution in [0.2, 0.25) is 5.28 Å². The molecule has 1 fully saturated rings. The summed E-state index contributed by atoms with van der Waals surface area (Å²) in [5.74, 6) is 0.989. The smallest absolute Gasteiger partial charge is 0.225 e. The molecule has 1 aliphatic heterocycles. The highest BCUT2D eigenvalue weighted by molar-refractivity contribution is 7.17. The second-order valence-electron chi connectivity index (χ2n) is 7.43. The third-order valence-corrected chi connectivity index (χ3v) is 6.73. The average Bonchev–Trinajstić information content (AvgIpc) is 2.93. The number of nitrogens with one attached hydrogen (secondary N) is 1. The molecule has 3 heterocycles. The summed E-state index contributed by atoms with van der Waals surface area (Å²) < 4.78 is 0. The van der Waals surface area contributed by atoms with Gasteiger partial charge in [-0.1, -0.05) is 18.2 Å². The van der Waals surface area contributed by atoms with Crippen molar-refractivity contribution in [2.24, 2.45) is 0 Å². The molecule has 2 aromatic heterocycles. The maximum Gasteiger partial charge on any atom is 0.225 e. The van der Waals surface area contributed by atoms with Gasteiger partial charge in [-0.15, -0.1) is 11.3 Å². The van der Waals surface area contributed by atoms with Crippen LogP contribution < -0.4 is 10.2 Å². The predicted molar refractivity (Wildman–Crippen MR) is 114 cm³/mol. The number of hydrogen-bond acceptors (Lipinski definition) is 5. The topological polar surface area (TPSA) is 41.1 Å². The van der Waals surface area contributed by atoms with Gasteiger partial charge in [0, 0.05) is 30.6 Å².